The summed E-state index contributed by atoms with van der Waals surface area (Å²) in [6, 6.07) is 6.52. The van der Waals surface area contributed by atoms with Gasteiger partial charge in [-0.15, -0.1) is 0 Å². The molecule has 4 heteroatoms. The summed E-state index contributed by atoms with van der Waals surface area (Å²) in [5, 5.41) is 0. The van der Waals surface area contributed by atoms with E-state index in [9.17, 15) is 0 Å². The fraction of sp³-hybridized carbons (Fsp3) is 0.533. The third-order valence-electron chi connectivity index (χ3n) is 3.22. The van der Waals surface area contributed by atoms with Crippen LogP contribution >= 0.6 is 12.2 Å². The van der Waals surface area contributed by atoms with E-state index in [0.29, 0.717) is 6.04 Å². The van der Waals surface area contributed by atoms with Gasteiger partial charge in [-0.3, -0.25) is 0 Å². The molecule has 0 radical (unpaired) electrons. The van der Waals surface area contributed by atoms with Gasteiger partial charge >= 0.3 is 0 Å². The van der Waals surface area contributed by atoms with Crippen LogP contribution < -0.4 is 4.74 Å². The van der Waals surface area contributed by atoms with Crippen LogP contribution in [0.2, 0.25) is 0 Å². The van der Waals surface area contributed by atoms with Crippen molar-refractivity contribution in [3.8, 4) is 5.75 Å². The zero-order valence-electron chi connectivity index (χ0n) is 12.1. The second-order valence-corrected chi connectivity index (χ2v) is 5.64. The topological polar surface area (TPSA) is 29.9 Å². The molecule has 0 bridgehead atoms. The van der Waals surface area contributed by atoms with Gasteiger partial charge in [-0.2, -0.15) is 0 Å². The molecular weight excluding hydrogens is 256 g/mol. The molecule has 0 amide bonds. The highest BCUT2D eigenvalue weighted by Gasteiger charge is 2.13. The zero-order chi connectivity index (χ0) is 14.0. The Morgan fingerprint density at radius 3 is 2.68 bits per heavy atom. The molecule has 0 spiro atoms. The van der Waals surface area contributed by atoms with Gasteiger partial charge in [0.2, 0.25) is 0 Å². The number of nitrogens with one attached hydrogen (secondary N) is 1. The van der Waals surface area contributed by atoms with Crippen LogP contribution in [0.15, 0.2) is 18.2 Å². The highest BCUT2D eigenvalue weighted by atomic mass is 32.1. The molecule has 1 aromatic carbocycles. The number of fused-ring (bicyclic) bond motifs is 1. The summed E-state index contributed by atoms with van der Waals surface area (Å²) in [7, 11) is 0. The van der Waals surface area contributed by atoms with Gasteiger partial charge in [0.25, 0.3) is 0 Å². The lowest BCUT2D eigenvalue weighted by atomic mass is 10.2. The number of aromatic amines is 1. The Morgan fingerprint density at radius 1 is 1.32 bits per heavy atom. The van der Waals surface area contributed by atoms with Gasteiger partial charge < -0.3 is 14.3 Å². The molecule has 1 aromatic heterocycles. The lowest BCUT2D eigenvalue weighted by molar-refractivity contribution is 0.245. The number of H-pyrrole nitrogens is 1. The van der Waals surface area contributed by atoms with E-state index in [-0.39, 0.29) is 6.10 Å². The van der Waals surface area contributed by atoms with Crippen molar-refractivity contribution >= 4 is 23.3 Å². The van der Waals surface area contributed by atoms with E-state index in [1.54, 1.807) is 0 Å². The third kappa shape index (κ3) is 2.84. The Balaban J connectivity index is 2.55. The number of hydrogen-bond donors (Lipinski definition) is 1. The highest BCUT2D eigenvalue weighted by Crippen LogP contribution is 2.29. The number of rotatable bonds is 5. The maximum absolute atomic E-state index is 5.84. The Morgan fingerprint density at radius 2 is 2.05 bits per heavy atom. The number of imidazole rings is 1. The van der Waals surface area contributed by atoms with Crippen LogP contribution in [0.5, 0.6) is 5.75 Å². The van der Waals surface area contributed by atoms with E-state index in [0.717, 1.165) is 34.4 Å². The normalized spacial score (nSPS) is 13.1. The van der Waals surface area contributed by atoms with Crippen molar-refractivity contribution in [3.05, 3.63) is 23.0 Å². The molecule has 1 atom stereocenters. The smallest absolute Gasteiger partial charge is 0.178 e. The van der Waals surface area contributed by atoms with E-state index in [4.69, 9.17) is 17.0 Å². The van der Waals surface area contributed by atoms with Crippen molar-refractivity contribution in [2.45, 2.75) is 52.7 Å². The fourth-order valence-corrected chi connectivity index (χ4v) is 2.84. The van der Waals surface area contributed by atoms with Crippen molar-refractivity contribution in [1.29, 1.82) is 0 Å². The fourth-order valence-electron chi connectivity index (χ4n) is 2.46. The minimum absolute atomic E-state index is 0.156. The van der Waals surface area contributed by atoms with E-state index >= 15 is 0 Å². The van der Waals surface area contributed by atoms with Crippen molar-refractivity contribution in [1.82, 2.24) is 9.55 Å². The van der Waals surface area contributed by atoms with Crippen molar-refractivity contribution in [2.24, 2.45) is 0 Å². The lowest BCUT2D eigenvalue weighted by Gasteiger charge is -2.14. The van der Waals surface area contributed by atoms with Gasteiger partial charge in [0.05, 0.1) is 11.6 Å². The number of ether oxygens (including phenoxy) is 1. The average molecular weight is 278 g/mol. The summed E-state index contributed by atoms with van der Waals surface area (Å²) in [4.78, 5) is 3.29. The van der Waals surface area contributed by atoms with Crippen LogP contribution in [-0.4, -0.2) is 15.7 Å². The van der Waals surface area contributed by atoms with Gasteiger partial charge in [-0.25, -0.2) is 0 Å². The molecule has 3 nitrogen and oxygen atoms in total. The predicted octanol–water partition coefficient (Wildman–Crippen LogP) is 4.85. The summed E-state index contributed by atoms with van der Waals surface area (Å²) in [5.74, 6) is 0.876. The Labute approximate surface area is 119 Å². The second-order valence-electron chi connectivity index (χ2n) is 5.25. The summed E-state index contributed by atoms with van der Waals surface area (Å²) >= 11 is 5.47. The molecule has 2 rings (SSSR count). The number of para-hydroxylation sites is 1. The maximum Gasteiger partial charge on any atom is 0.178 e. The Bertz CT molecular complexity index is 612. The van der Waals surface area contributed by atoms with Crippen LogP contribution in [0.4, 0.5) is 0 Å². The first-order chi connectivity index (χ1) is 9.04. The number of aromatic nitrogens is 2. The van der Waals surface area contributed by atoms with Gasteiger partial charge in [0, 0.05) is 6.04 Å². The molecule has 0 aliphatic heterocycles. The summed E-state index contributed by atoms with van der Waals surface area (Å²) in [6.07, 6.45) is 2.43. The summed E-state index contributed by atoms with van der Waals surface area (Å²) in [5.41, 5.74) is 2.13. The molecule has 2 aromatic rings. The van der Waals surface area contributed by atoms with E-state index in [1.807, 2.05) is 26.0 Å². The molecule has 1 heterocycles. The van der Waals surface area contributed by atoms with Crippen molar-refractivity contribution in [3.63, 3.8) is 0 Å². The molecule has 19 heavy (non-hydrogen) atoms. The largest absolute Gasteiger partial charge is 0.489 e. The quantitative estimate of drug-likeness (QED) is 0.793. The molecule has 0 saturated carbocycles. The summed E-state index contributed by atoms with van der Waals surface area (Å²) in [6.45, 7) is 8.47. The molecule has 1 unspecified atom stereocenters. The molecule has 0 aliphatic carbocycles. The van der Waals surface area contributed by atoms with Gasteiger partial charge in [-0.1, -0.05) is 19.4 Å². The van der Waals surface area contributed by atoms with Crippen molar-refractivity contribution in [2.75, 3.05) is 0 Å². The number of benzene rings is 1. The molecule has 1 N–H and O–H groups in total. The molecular formula is C15H22N2OS. The number of nitrogens with zero attached hydrogens (tertiary/aromatic N) is 1. The number of hydrogen-bond acceptors (Lipinski definition) is 2. The van der Waals surface area contributed by atoms with Crippen LogP contribution in [-0.2, 0) is 0 Å². The third-order valence-corrected chi connectivity index (χ3v) is 3.52. The lowest BCUT2D eigenvalue weighted by Crippen LogP contribution is -2.06. The monoisotopic (exact) mass is 278 g/mol. The average Bonchev–Trinajstić information content (AvgIpc) is 2.66. The SMILES string of the molecule is CCCC(C)n1c(=S)[nH]c2c(OC(C)C)cccc21. The van der Waals surface area contributed by atoms with E-state index in [2.05, 4.69) is 29.5 Å². The van der Waals surface area contributed by atoms with Crippen molar-refractivity contribution < 1.29 is 4.74 Å². The van der Waals surface area contributed by atoms with Gasteiger partial charge in [0.1, 0.15) is 11.3 Å². The van der Waals surface area contributed by atoms with Gasteiger partial charge in [-0.05, 0) is 51.5 Å². The van der Waals surface area contributed by atoms with Crippen LogP contribution in [0, 0.1) is 4.77 Å². The zero-order valence-corrected chi connectivity index (χ0v) is 12.9. The molecule has 104 valence electrons. The Hall–Kier alpha value is -1.29. The minimum Gasteiger partial charge on any atom is -0.489 e. The maximum atomic E-state index is 5.84. The minimum atomic E-state index is 0.156. The first-order valence-electron chi connectivity index (χ1n) is 6.94. The van der Waals surface area contributed by atoms with Crippen LogP contribution in [0.3, 0.4) is 0 Å². The van der Waals surface area contributed by atoms with Crippen LogP contribution in [0.25, 0.3) is 11.0 Å². The molecule has 0 fully saturated rings. The Kier molecular flexibility index (Phi) is 4.30. The van der Waals surface area contributed by atoms with E-state index in [1.165, 1.54) is 0 Å². The second kappa shape index (κ2) is 5.78. The molecule has 0 saturated heterocycles. The summed E-state index contributed by atoms with van der Waals surface area (Å²) < 4.78 is 8.81. The van der Waals surface area contributed by atoms with Crippen LogP contribution in [0.1, 0.15) is 46.6 Å². The predicted molar refractivity (Wildman–Crippen MR) is 82.5 cm³/mol. The first-order valence-corrected chi connectivity index (χ1v) is 7.35. The van der Waals surface area contributed by atoms with E-state index < -0.39 is 0 Å². The first kappa shape index (κ1) is 14.1. The highest BCUT2D eigenvalue weighted by molar-refractivity contribution is 7.71. The van der Waals surface area contributed by atoms with Gasteiger partial charge in [0.15, 0.2) is 4.77 Å². The molecule has 0 aliphatic rings. The standard InChI is InChI=1S/C15H22N2OS/c1-5-7-11(4)17-12-8-6-9-13(18-10(2)3)14(12)16-15(17)19/h6,8-11H,5,7H2,1-4H3,(H,16,19).